The average Bonchev–Trinajstić information content (AvgIpc) is 2.75. The molecule has 2 aromatic heterocycles. The molecule has 74 valence electrons. The Bertz CT molecular complexity index is 396. The zero-order chi connectivity index (χ0) is 9.97. The van der Waals surface area contributed by atoms with Crippen molar-refractivity contribution >= 4 is 27.3 Å². The third-order valence-electron chi connectivity index (χ3n) is 2.02. The van der Waals surface area contributed by atoms with E-state index in [4.69, 9.17) is 10.2 Å². The van der Waals surface area contributed by atoms with Crippen LogP contribution in [0, 0.1) is 0 Å². The van der Waals surface area contributed by atoms with Gasteiger partial charge in [-0.1, -0.05) is 6.07 Å². The summed E-state index contributed by atoms with van der Waals surface area (Å²) in [5.41, 5.74) is 7.06. The van der Waals surface area contributed by atoms with E-state index < -0.39 is 0 Å². The SMILES string of the molecule is NC(Cc1cccs1)c1coc(Br)c1. The summed E-state index contributed by atoms with van der Waals surface area (Å²) in [5, 5.41) is 2.06. The number of furan rings is 1. The standard InChI is InChI=1S/C10H10BrNOS/c11-10-4-7(6-13-10)9(12)5-8-2-1-3-14-8/h1-4,6,9H,5,12H2. The van der Waals surface area contributed by atoms with Crippen molar-refractivity contribution in [2.24, 2.45) is 5.73 Å². The largest absolute Gasteiger partial charge is 0.457 e. The minimum absolute atomic E-state index is 0.0173. The molecule has 0 bridgehead atoms. The van der Waals surface area contributed by atoms with Crippen molar-refractivity contribution in [3.05, 3.63) is 45.0 Å². The highest BCUT2D eigenvalue weighted by Crippen LogP contribution is 2.23. The van der Waals surface area contributed by atoms with Crippen molar-refractivity contribution in [2.45, 2.75) is 12.5 Å². The summed E-state index contributed by atoms with van der Waals surface area (Å²) in [7, 11) is 0. The maximum atomic E-state index is 6.03. The minimum atomic E-state index is 0.0173. The Morgan fingerprint density at radius 1 is 1.57 bits per heavy atom. The predicted molar refractivity (Wildman–Crippen MR) is 61.4 cm³/mol. The Balaban J connectivity index is 2.06. The van der Waals surface area contributed by atoms with E-state index in [2.05, 4.69) is 27.4 Å². The van der Waals surface area contributed by atoms with Gasteiger partial charge in [0.15, 0.2) is 4.67 Å². The van der Waals surface area contributed by atoms with Gasteiger partial charge in [-0.3, -0.25) is 0 Å². The molecule has 0 saturated carbocycles. The van der Waals surface area contributed by atoms with E-state index in [0.717, 1.165) is 16.7 Å². The van der Waals surface area contributed by atoms with Crippen LogP contribution < -0.4 is 5.73 Å². The molecule has 1 atom stereocenters. The fraction of sp³-hybridized carbons (Fsp3) is 0.200. The monoisotopic (exact) mass is 271 g/mol. The second-order valence-corrected chi connectivity index (χ2v) is 4.89. The van der Waals surface area contributed by atoms with E-state index in [1.54, 1.807) is 17.6 Å². The Kier molecular flexibility index (Phi) is 3.05. The molecule has 0 fully saturated rings. The molecule has 0 aliphatic heterocycles. The lowest BCUT2D eigenvalue weighted by Gasteiger charge is -2.06. The van der Waals surface area contributed by atoms with Crippen molar-refractivity contribution < 1.29 is 4.42 Å². The lowest BCUT2D eigenvalue weighted by molar-refractivity contribution is 0.534. The minimum Gasteiger partial charge on any atom is -0.457 e. The number of nitrogens with two attached hydrogens (primary N) is 1. The van der Waals surface area contributed by atoms with Gasteiger partial charge in [0.25, 0.3) is 0 Å². The summed E-state index contributed by atoms with van der Waals surface area (Å²) in [6, 6.07) is 6.07. The van der Waals surface area contributed by atoms with Crippen molar-refractivity contribution in [3.8, 4) is 0 Å². The quantitative estimate of drug-likeness (QED) is 0.930. The Labute approximate surface area is 94.9 Å². The topological polar surface area (TPSA) is 39.2 Å². The summed E-state index contributed by atoms with van der Waals surface area (Å²) in [6.07, 6.45) is 2.56. The Morgan fingerprint density at radius 3 is 3.00 bits per heavy atom. The molecule has 0 amide bonds. The highest BCUT2D eigenvalue weighted by Gasteiger charge is 2.10. The van der Waals surface area contributed by atoms with Gasteiger partial charge in [0.05, 0.1) is 6.26 Å². The molecule has 2 aromatic rings. The van der Waals surface area contributed by atoms with Crippen molar-refractivity contribution in [3.63, 3.8) is 0 Å². The van der Waals surface area contributed by atoms with Crippen LogP contribution in [0.2, 0.25) is 0 Å². The summed E-state index contributed by atoms with van der Waals surface area (Å²) in [4.78, 5) is 1.30. The molecular formula is C10H10BrNOS. The number of rotatable bonds is 3. The van der Waals surface area contributed by atoms with Crippen LogP contribution in [0.5, 0.6) is 0 Å². The molecule has 4 heteroatoms. The van der Waals surface area contributed by atoms with Gasteiger partial charge in [-0.05, 0) is 33.4 Å². The van der Waals surface area contributed by atoms with Crippen LogP contribution >= 0.6 is 27.3 Å². The van der Waals surface area contributed by atoms with Crippen LogP contribution in [0.25, 0.3) is 0 Å². The second kappa shape index (κ2) is 4.29. The predicted octanol–water partition coefficient (Wildman–Crippen LogP) is 3.35. The molecule has 0 spiro atoms. The lowest BCUT2D eigenvalue weighted by Crippen LogP contribution is -2.11. The molecule has 0 saturated heterocycles. The van der Waals surface area contributed by atoms with Gasteiger partial charge in [-0.25, -0.2) is 0 Å². The summed E-state index contributed by atoms with van der Waals surface area (Å²) in [6.45, 7) is 0. The first kappa shape index (κ1) is 9.96. The van der Waals surface area contributed by atoms with E-state index in [-0.39, 0.29) is 6.04 Å². The first-order valence-electron chi connectivity index (χ1n) is 4.27. The molecule has 2 N–H and O–H groups in total. The summed E-state index contributed by atoms with van der Waals surface area (Å²) < 4.78 is 5.88. The molecule has 14 heavy (non-hydrogen) atoms. The maximum absolute atomic E-state index is 6.03. The normalized spacial score (nSPS) is 13.0. The summed E-state index contributed by atoms with van der Waals surface area (Å²) >= 11 is 4.99. The third-order valence-corrected chi connectivity index (χ3v) is 3.33. The molecule has 2 nitrogen and oxygen atoms in total. The van der Waals surface area contributed by atoms with Crippen LogP contribution in [0.3, 0.4) is 0 Å². The van der Waals surface area contributed by atoms with Crippen molar-refractivity contribution in [2.75, 3.05) is 0 Å². The highest BCUT2D eigenvalue weighted by molar-refractivity contribution is 9.10. The number of hydrogen-bond donors (Lipinski definition) is 1. The average molecular weight is 272 g/mol. The number of halogens is 1. The number of thiophene rings is 1. The fourth-order valence-corrected chi connectivity index (χ4v) is 2.40. The van der Waals surface area contributed by atoms with E-state index in [9.17, 15) is 0 Å². The molecule has 2 rings (SSSR count). The maximum Gasteiger partial charge on any atom is 0.169 e. The van der Waals surface area contributed by atoms with Gasteiger partial charge in [0.1, 0.15) is 0 Å². The Hall–Kier alpha value is -0.580. The summed E-state index contributed by atoms with van der Waals surface area (Å²) in [5.74, 6) is 0. The van der Waals surface area contributed by atoms with E-state index >= 15 is 0 Å². The fourth-order valence-electron chi connectivity index (χ4n) is 1.28. The van der Waals surface area contributed by atoms with Crippen molar-refractivity contribution in [1.82, 2.24) is 0 Å². The van der Waals surface area contributed by atoms with E-state index in [1.807, 2.05) is 12.1 Å². The molecule has 0 aromatic carbocycles. The first-order valence-corrected chi connectivity index (χ1v) is 5.95. The molecule has 0 radical (unpaired) electrons. The second-order valence-electron chi connectivity index (χ2n) is 3.07. The van der Waals surface area contributed by atoms with Crippen LogP contribution in [0.15, 0.2) is 38.9 Å². The van der Waals surface area contributed by atoms with Crippen molar-refractivity contribution in [1.29, 1.82) is 0 Å². The lowest BCUT2D eigenvalue weighted by atomic mass is 10.1. The van der Waals surface area contributed by atoms with Gasteiger partial charge < -0.3 is 10.2 Å². The zero-order valence-corrected chi connectivity index (χ0v) is 9.85. The van der Waals surface area contributed by atoms with Gasteiger partial charge in [-0.15, -0.1) is 11.3 Å². The molecule has 1 unspecified atom stereocenters. The van der Waals surface area contributed by atoms with Gasteiger partial charge in [0.2, 0.25) is 0 Å². The van der Waals surface area contributed by atoms with Gasteiger partial charge in [0, 0.05) is 22.9 Å². The Morgan fingerprint density at radius 2 is 2.43 bits per heavy atom. The van der Waals surface area contributed by atoms with Crippen LogP contribution in [-0.2, 0) is 6.42 Å². The molecule has 0 aliphatic rings. The van der Waals surface area contributed by atoms with Crippen LogP contribution in [0.4, 0.5) is 0 Å². The van der Waals surface area contributed by atoms with E-state index in [0.29, 0.717) is 0 Å². The highest BCUT2D eigenvalue weighted by atomic mass is 79.9. The van der Waals surface area contributed by atoms with Gasteiger partial charge >= 0.3 is 0 Å². The van der Waals surface area contributed by atoms with Crippen LogP contribution in [0.1, 0.15) is 16.5 Å². The molecular weight excluding hydrogens is 262 g/mol. The van der Waals surface area contributed by atoms with Crippen LogP contribution in [-0.4, -0.2) is 0 Å². The first-order chi connectivity index (χ1) is 6.75. The third kappa shape index (κ3) is 2.26. The molecule has 2 heterocycles. The number of hydrogen-bond acceptors (Lipinski definition) is 3. The van der Waals surface area contributed by atoms with E-state index in [1.165, 1.54) is 4.88 Å². The molecule has 0 aliphatic carbocycles. The zero-order valence-electron chi connectivity index (χ0n) is 7.44. The van der Waals surface area contributed by atoms with Gasteiger partial charge in [-0.2, -0.15) is 0 Å². The smallest absolute Gasteiger partial charge is 0.169 e.